The number of ketones is 1. The van der Waals surface area contributed by atoms with E-state index in [0.717, 1.165) is 5.56 Å². The Labute approximate surface area is 140 Å². The van der Waals surface area contributed by atoms with Crippen molar-refractivity contribution in [2.75, 3.05) is 21.3 Å². The predicted octanol–water partition coefficient (Wildman–Crippen LogP) is 3.61. The first-order valence-electron chi connectivity index (χ1n) is 6.91. The summed E-state index contributed by atoms with van der Waals surface area (Å²) in [5, 5.41) is 0.330. The highest BCUT2D eigenvalue weighted by Gasteiger charge is 2.24. The summed E-state index contributed by atoms with van der Waals surface area (Å²) in [7, 11) is 4.51. The Bertz CT molecular complexity index is 759. The van der Waals surface area contributed by atoms with Crippen LogP contribution in [0.25, 0.3) is 0 Å². The number of carbonyl (C=O) groups excluding carboxylic acids is 1. The minimum atomic E-state index is -0.276. The van der Waals surface area contributed by atoms with E-state index >= 15 is 0 Å². The molecule has 0 bridgehead atoms. The zero-order valence-electron chi connectivity index (χ0n) is 13.7. The van der Waals surface area contributed by atoms with Gasteiger partial charge in [-0.05, 0) is 37.1 Å². The molecule has 1 heterocycles. The Morgan fingerprint density at radius 2 is 1.61 bits per heavy atom. The zero-order chi connectivity index (χ0) is 17.1. The van der Waals surface area contributed by atoms with Crippen LogP contribution in [0.5, 0.6) is 17.4 Å². The van der Waals surface area contributed by atoms with Crippen LogP contribution in [-0.4, -0.2) is 32.1 Å². The average molecular weight is 336 g/mol. The first-order valence-corrected chi connectivity index (χ1v) is 7.28. The molecule has 0 spiro atoms. The number of aryl methyl sites for hydroxylation is 2. The van der Waals surface area contributed by atoms with Gasteiger partial charge in [0.2, 0.25) is 5.88 Å². The van der Waals surface area contributed by atoms with Gasteiger partial charge >= 0.3 is 0 Å². The summed E-state index contributed by atoms with van der Waals surface area (Å²) in [4.78, 5) is 17.1. The molecule has 0 unspecified atom stereocenters. The highest BCUT2D eigenvalue weighted by molar-refractivity contribution is 6.36. The molecule has 122 valence electrons. The largest absolute Gasteiger partial charge is 0.493 e. The molecule has 1 aromatic heterocycles. The van der Waals surface area contributed by atoms with Gasteiger partial charge in [-0.25, -0.2) is 4.98 Å². The van der Waals surface area contributed by atoms with E-state index in [1.54, 1.807) is 32.4 Å². The van der Waals surface area contributed by atoms with E-state index < -0.39 is 0 Å². The van der Waals surface area contributed by atoms with Crippen molar-refractivity contribution >= 4 is 17.4 Å². The second-order valence-electron chi connectivity index (χ2n) is 4.99. The maximum atomic E-state index is 13.0. The van der Waals surface area contributed by atoms with Gasteiger partial charge in [0.05, 0.1) is 26.4 Å². The third-order valence-corrected chi connectivity index (χ3v) is 4.04. The van der Waals surface area contributed by atoms with E-state index in [9.17, 15) is 4.79 Å². The van der Waals surface area contributed by atoms with Crippen LogP contribution in [0, 0.1) is 13.8 Å². The van der Waals surface area contributed by atoms with Gasteiger partial charge in [0.25, 0.3) is 0 Å². The molecule has 0 aliphatic heterocycles. The smallest absolute Gasteiger partial charge is 0.226 e. The maximum absolute atomic E-state index is 13.0. The third kappa shape index (κ3) is 3.10. The minimum absolute atomic E-state index is 0.194. The Balaban J connectivity index is 2.64. The summed E-state index contributed by atoms with van der Waals surface area (Å²) < 4.78 is 15.7. The van der Waals surface area contributed by atoms with Crippen LogP contribution in [0.15, 0.2) is 18.3 Å². The van der Waals surface area contributed by atoms with Gasteiger partial charge in [-0.3, -0.25) is 4.79 Å². The predicted molar refractivity (Wildman–Crippen MR) is 88.3 cm³/mol. The van der Waals surface area contributed by atoms with E-state index in [0.29, 0.717) is 27.6 Å². The lowest BCUT2D eigenvalue weighted by Crippen LogP contribution is -2.09. The van der Waals surface area contributed by atoms with Crippen molar-refractivity contribution in [3.05, 3.63) is 45.6 Å². The van der Waals surface area contributed by atoms with Crippen molar-refractivity contribution < 1.29 is 19.0 Å². The van der Waals surface area contributed by atoms with Gasteiger partial charge < -0.3 is 14.2 Å². The van der Waals surface area contributed by atoms with E-state index in [2.05, 4.69) is 4.98 Å². The van der Waals surface area contributed by atoms with Crippen molar-refractivity contribution in [2.24, 2.45) is 0 Å². The summed E-state index contributed by atoms with van der Waals surface area (Å²) in [6.07, 6.45) is 1.57. The fraction of sp³-hybridized carbons (Fsp3) is 0.294. The van der Waals surface area contributed by atoms with Crippen molar-refractivity contribution in [1.82, 2.24) is 4.98 Å². The molecule has 0 N–H and O–H groups in total. The number of aromatic nitrogens is 1. The topological polar surface area (TPSA) is 57.7 Å². The standard InChI is InChI=1S/C17H18ClNO4/c1-9-6-12(21-3)13(22-4)7-11(9)16(20)14-15(18)10(2)8-19-17(14)23-5/h6-8H,1-5H3. The molecule has 0 aliphatic carbocycles. The molecule has 23 heavy (non-hydrogen) atoms. The number of pyridine rings is 1. The second-order valence-corrected chi connectivity index (χ2v) is 5.37. The minimum Gasteiger partial charge on any atom is -0.493 e. The van der Waals surface area contributed by atoms with Crippen LogP contribution in [0.4, 0.5) is 0 Å². The van der Waals surface area contributed by atoms with Gasteiger partial charge in [0.15, 0.2) is 17.3 Å². The van der Waals surface area contributed by atoms with Crippen LogP contribution in [0.3, 0.4) is 0 Å². The SMILES string of the molecule is COc1cc(C)c(C(=O)c2c(OC)ncc(C)c2Cl)cc1OC. The number of methoxy groups -OCH3 is 3. The van der Waals surface area contributed by atoms with Crippen LogP contribution in [-0.2, 0) is 0 Å². The number of hydrogen-bond acceptors (Lipinski definition) is 5. The van der Waals surface area contributed by atoms with E-state index in [-0.39, 0.29) is 17.2 Å². The molecule has 1 aromatic carbocycles. The Kier molecular flexibility index (Phi) is 5.11. The highest BCUT2D eigenvalue weighted by Crippen LogP contribution is 2.34. The van der Waals surface area contributed by atoms with Gasteiger partial charge in [-0.1, -0.05) is 11.6 Å². The number of hydrogen-bond donors (Lipinski definition) is 0. The fourth-order valence-electron chi connectivity index (χ4n) is 2.28. The lowest BCUT2D eigenvalue weighted by Gasteiger charge is -2.14. The van der Waals surface area contributed by atoms with Crippen LogP contribution >= 0.6 is 11.6 Å². The molecule has 5 nitrogen and oxygen atoms in total. The van der Waals surface area contributed by atoms with E-state index in [1.165, 1.54) is 14.2 Å². The maximum Gasteiger partial charge on any atom is 0.226 e. The molecule has 0 atom stereocenters. The van der Waals surface area contributed by atoms with Crippen molar-refractivity contribution in [3.8, 4) is 17.4 Å². The molecular formula is C17H18ClNO4. The molecule has 0 amide bonds. The second kappa shape index (κ2) is 6.87. The Morgan fingerprint density at radius 3 is 2.17 bits per heavy atom. The van der Waals surface area contributed by atoms with Crippen molar-refractivity contribution in [1.29, 1.82) is 0 Å². The number of rotatable bonds is 5. The van der Waals surface area contributed by atoms with Gasteiger partial charge in [0, 0.05) is 11.8 Å². The molecule has 0 aliphatic rings. The summed E-state index contributed by atoms with van der Waals surface area (Å²) in [5.41, 5.74) is 2.14. The Morgan fingerprint density at radius 1 is 1.00 bits per heavy atom. The molecule has 2 rings (SSSR count). The average Bonchev–Trinajstić information content (AvgIpc) is 2.56. The molecule has 2 aromatic rings. The van der Waals surface area contributed by atoms with Crippen LogP contribution in [0.1, 0.15) is 27.0 Å². The summed E-state index contributed by atoms with van der Waals surface area (Å²) >= 11 is 6.31. The first-order chi connectivity index (χ1) is 10.9. The number of ether oxygens (including phenoxy) is 3. The lowest BCUT2D eigenvalue weighted by molar-refractivity contribution is 0.103. The summed E-state index contributed by atoms with van der Waals surface area (Å²) in [5.74, 6) is 0.945. The normalized spacial score (nSPS) is 10.3. The number of carbonyl (C=O) groups is 1. The number of halogens is 1. The number of benzene rings is 1. The van der Waals surface area contributed by atoms with E-state index in [4.69, 9.17) is 25.8 Å². The number of nitrogens with zero attached hydrogens (tertiary/aromatic N) is 1. The van der Waals surface area contributed by atoms with Gasteiger partial charge in [0.1, 0.15) is 5.56 Å². The van der Waals surface area contributed by atoms with Crippen molar-refractivity contribution in [2.45, 2.75) is 13.8 Å². The highest BCUT2D eigenvalue weighted by atomic mass is 35.5. The molecule has 0 radical (unpaired) electrons. The van der Waals surface area contributed by atoms with E-state index in [1.807, 2.05) is 6.92 Å². The molecule has 0 fully saturated rings. The first kappa shape index (κ1) is 17.1. The molecule has 0 saturated carbocycles. The van der Waals surface area contributed by atoms with Crippen LogP contribution in [0.2, 0.25) is 5.02 Å². The van der Waals surface area contributed by atoms with Gasteiger partial charge in [-0.2, -0.15) is 0 Å². The lowest BCUT2D eigenvalue weighted by atomic mass is 9.98. The monoisotopic (exact) mass is 335 g/mol. The zero-order valence-corrected chi connectivity index (χ0v) is 14.4. The quantitative estimate of drug-likeness (QED) is 0.781. The van der Waals surface area contributed by atoms with Crippen molar-refractivity contribution in [3.63, 3.8) is 0 Å². The molecule has 0 saturated heterocycles. The third-order valence-electron chi connectivity index (χ3n) is 3.55. The van der Waals surface area contributed by atoms with Gasteiger partial charge in [-0.15, -0.1) is 0 Å². The summed E-state index contributed by atoms with van der Waals surface area (Å²) in [6, 6.07) is 3.38. The fourth-order valence-corrected chi connectivity index (χ4v) is 2.49. The Hall–Kier alpha value is -2.27. The molecule has 6 heteroatoms. The molecular weight excluding hydrogens is 318 g/mol. The van der Waals surface area contributed by atoms with Crippen LogP contribution < -0.4 is 14.2 Å². The summed E-state index contributed by atoms with van der Waals surface area (Å²) in [6.45, 7) is 3.60.